The molecule has 0 aliphatic heterocycles. The highest BCUT2D eigenvalue weighted by atomic mass is 28.4. The lowest BCUT2D eigenvalue weighted by Crippen LogP contribution is -2.47. The predicted molar refractivity (Wildman–Crippen MR) is 120 cm³/mol. The Labute approximate surface area is 179 Å². The Balaban J connectivity index is 1.69. The third-order valence-electron chi connectivity index (χ3n) is 7.20. The normalized spacial score (nSPS) is 21.8. The van der Waals surface area contributed by atoms with E-state index in [1.165, 1.54) is 17.7 Å². The van der Waals surface area contributed by atoms with Crippen molar-refractivity contribution < 1.29 is 13.6 Å². The van der Waals surface area contributed by atoms with Crippen LogP contribution in [0.1, 0.15) is 51.3 Å². The van der Waals surface area contributed by atoms with Gasteiger partial charge in [0, 0.05) is 24.9 Å². The summed E-state index contributed by atoms with van der Waals surface area (Å²) in [6.07, 6.45) is 6.75. The minimum absolute atomic E-state index is 0.124. The number of fused-ring (bicyclic) bond motifs is 2. The minimum atomic E-state index is -1.93. The first-order chi connectivity index (χ1) is 14.0. The summed E-state index contributed by atoms with van der Waals surface area (Å²) >= 11 is 0. The molecule has 0 saturated heterocycles. The Morgan fingerprint density at radius 2 is 1.87 bits per heavy atom. The second kappa shape index (κ2) is 7.27. The zero-order chi connectivity index (χ0) is 21.7. The van der Waals surface area contributed by atoms with E-state index >= 15 is 0 Å². The van der Waals surface area contributed by atoms with Crippen molar-refractivity contribution in [3.05, 3.63) is 53.1 Å². The van der Waals surface area contributed by atoms with Gasteiger partial charge in [0.2, 0.25) is 0 Å². The van der Waals surface area contributed by atoms with Gasteiger partial charge in [0.25, 0.3) is 0 Å². The van der Waals surface area contributed by atoms with Gasteiger partial charge in [0.1, 0.15) is 11.6 Å². The lowest BCUT2D eigenvalue weighted by atomic mass is 9.64. The number of hydrogen-bond donors (Lipinski definition) is 0. The topological polar surface area (TPSA) is 44.1 Å². The summed E-state index contributed by atoms with van der Waals surface area (Å²) in [6, 6.07) is 6.40. The van der Waals surface area contributed by atoms with E-state index in [9.17, 15) is 9.18 Å². The second-order valence-electron chi connectivity index (χ2n) is 10.3. The van der Waals surface area contributed by atoms with Crippen LogP contribution in [0.2, 0.25) is 18.1 Å². The summed E-state index contributed by atoms with van der Waals surface area (Å²) in [4.78, 5) is 12.5. The number of nitrogens with zero attached hydrogens (tertiary/aromatic N) is 2. The number of carbonyl (C=O) groups excluding carboxylic acids is 1. The maximum absolute atomic E-state index is 13.4. The van der Waals surface area contributed by atoms with Gasteiger partial charge in [-0.05, 0) is 66.9 Å². The van der Waals surface area contributed by atoms with Gasteiger partial charge in [-0.2, -0.15) is 5.10 Å². The summed E-state index contributed by atoms with van der Waals surface area (Å²) in [5.74, 6) is 0.0612. The minimum Gasteiger partial charge on any atom is -0.416 e. The zero-order valence-corrected chi connectivity index (χ0v) is 19.6. The number of Topliss-reactive ketones (excluding diaryl/α,β-unsaturated/α-hetero) is 1. The largest absolute Gasteiger partial charge is 0.416 e. The van der Waals surface area contributed by atoms with Crippen molar-refractivity contribution in [1.29, 1.82) is 0 Å². The average molecular weight is 427 g/mol. The third-order valence-corrected chi connectivity index (χ3v) is 11.7. The fraction of sp³-hybridized carbons (Fsp3) is 0.500. The van der Waals surface area contributed by atoms with Gasteiger partial charge in [-0.1, -0.05) is 26.3 Å². The molecule has 1 fully saturated rings. The van der Waals surface area contributed by atoms with E-state index in [1.807, 2.05) is 10.9 Å². The van der Waals surface area contributed by atoms with E-state index in [0.717, 1.165) is 29.8 Å². The molecule has 2 aromatic rings. The Hall–Kier alpha value is -2.05. The van der Waals surface area contributed by atoms with Crippen LogP contribution >= 0.6 is 0 Å². The van der Waals surface area contributed by atoms with Gasteiger partial charge in [-0.3, -0.25) is 4.79 Å². The molecule has 4 rings (SSSR count). The van der Waals surface area contributed by atoms with Gasteiger partial charge < -0.3 is 4.43 Å². The van der Waals surface area contributed by atoms with E-state index in [-0.39, 0.29) is 16.3 Å². The molecule has 1 aromatic carbocycles. The molecule has 0 amide bonds. The number of benzene rings is 1. The number of hydrogen-bond acceptors (Lipinski definition) is 3. The molecule has 0 N–H and O–H groups in total. The monoisotopic (exact) mass is 426 g/mol. The molecule has 6 heteroatoms. The molecule has 1 saturated carbocycles. The molecule has 0 radical (unpaired) electrons. The number of carbonyl (C=O) groups is 1. The highest BCUT2D eigenvalue weighted by Crippen LogP contribution is 2.48. The molecule has 1 unspecified atom stereocenters. The van der Waals surface area contributed by atoms with Crippen LogP contribution in [0.25, 0.3) is 11.8 Å². The summed E-state index contributed by atoms with van der Waals surface area (Å²) in [5, 5.41) is 4.71. The van der Waals surface area contributed by atoms with E-state index < -0.39 is 8.32 Å². The zero-order valence-electron chi connectivity index (χ0n) is 18.6. The molecule has 1 heterocycles. The second-order valence-corrected chi connectivity index (χ2v) is 15.1. The summed E-state index contributed by atoms with van der Waals surface area (Å²) in [6.45, 7) is 11.8. The van der Waals surface area contributed by atoms with Crippen LogP contribution in [-0.4, -0.2) is 30.5 Å². The maximum Gasteiger partial charge on any atom is 0.192 e. The molecular weight excluding hydrogens is 395 g/mol. The Morgan fingerprint density at radius 3 is 2.53 bits per heavy atom. The highest BCUT2D eigenvalue weighted by molar-refractivity contribution is 6.74. The van der Waals surface area contributed by atoms with E-state index in [2.05, 4.69) is 45.0 Å². The van der Waals surface area contributed by atoms with Gasteiger partial charge in [0.15, 0.2) is 8.32 Å². The summed E-state index contributed by atoms with van der Waals surface area (Å²) in [5.41, 5.74) is 4.02. The number of halogens is 1. The van der Waals surface area contributed by atoms with Crippen LogP contribution in [0.3, 0.4) is 0 Å². The van der Waals surface area contributed by atoms with E-state index in [1.54, 1.807) is 12.1 Å². The smallest absolute Gasteiger partial charge is 0.192 e. The molecule has 2 aliphatic carbocycles. The summed E-state index contributed by atoms with van der Waals surface area (Å²) in [7, 11) is -1.93. The SMILES string of the molecule is CC(C)(C)[Si](C)(C)OCC12CC(=O)CCC1=Cc1c(cnn1-c1ccc(F)cc1)C2. The van der Waals surface area contributed by atoms with E-state index in [0.29, 0.717) is 25.2 Å². The van der Waals surface area contributed by atoms with E-state index in [4.69, 9.17) is 4.43 Å². The Morgan fingerprint density at radius 1 is 1.17 bits per heavy atom. The standard InChI is InChI=1S/C24H31FN2O2Si/c1-23(2,3)30(4,5)29-16-24-13-17-15-26-27(20-9-7-19(25)8-10-20)22(17)12-18(24)6-11-21(28)14-24/h7-10,12,15H,6,11,13-14,16H2,1-5H3. The van der Waals surface area contributed by atoms with Crippen molar-refractivity contribution >= 4 is 20.2 Å². The molecular formula is C24H31FN2O2Si. The van der Waals surface area contributed by atoms with Gasteiger partial charge in [0.05, 0.1) is 17.6 Å². The number of ketones is 1. The average Bonchev–Trinajstić information content (AvgIpc) is 3.06. The Kier molecular flexibility index (Phi) is 5.14. The summed E-state index contributed by atoms with van der Waals surface area (Å²) < 4.78 is 21.9. The lowest BCUT2D eigenvalue weighted by molar-refractivity contribution is -0.122. The van der Waals surface area contributed by atoms with Crippen molar-refractivity contribution in [1.82, 2.24) is 9.78 Å². The Bertz CT molecular complexity index is 1000. The fourth-order valence-electron chi connectivity index (χ4n) is 4.25. The van der Waals surface area contributed by atoms with Crippen LogP contribution < -0.4 is 0 Å². The van der Waals surface area contributed by atoms with Crippen molar-refractivity contribution in [2.45, 2.75) is 64.6 Å². The number of rotatable bonds is 4. The molecule has 1 atom stereocenters. The van der Waals surface area contributed by atoms with Crippen LogP contribution in [0, 0.1) is 11.2 Å². The molecule has 1 aromatic heterocycles. The quantitative estimate of drug-likeness (QED) is 0.588. The van der Waals surface area contributed by atoms with Crippen LogP contribution in [-0.2, 0) is 15.6 Å². The molecule has 0 spiro atoms. The maximum atomic E-state index is 13.4. The lowest BCUT2D eigenvalue weighted by Gasteiger charge is -2.45. The van der Waals surface area contributed by atoms with Crippen molar-refractivity contribution in [3.8, 4) is 5.69 Å². The third kappa shape index (κ3) is 3.71. The first-order valence-corrected chi connectivity index (χ1v) is 13.6. The first-order valence-electron chi connectivity index (χ1n) is 10.7. The highest BCUT2D eigenvalue weighted by Gasteiger charge is 2.46. The van der Waals surface area contributed by atoms with Gasteiger partial charge in [-0.15, -0.1) is 0 Å². The van der Waals surface area contributed by atoms with Gasteiger partial charge in [-0.25, -0.2) is 9.07 Å². The molecule has 4 nitrogen and oxygen atoms in total. The van der Waals surface area contributed by atoms with Crippen LogP contribution in [0.4, 0.5) is 4.39 Å². The molecule has 0 bridgehead atoms. The molecule has 2 aliphatic rings. The molecule has 30 heavy (non-hydrogen) atoms. The van der Waals surface area contributed by atoms with Crippen LogP contribution in [0.15, 0.2) is 36.0 Å². The van der Waals surface area contributed by atoms with Crippen LogP contribution in [0.5, 0.6) is 0 Å². The van der Waals surface area contributed by atoms with Crippen molar-refractivity contribution in [2.24, 2.45) is 5.41 Å². The van der Waals surface area contributed by atoms with Gasteiger partial charge >= 0.3 is 0 Å². The number of aromatic nitrogens is 2. The predicted octanol–water partition coefficient (Wildman–Crippen LogP) is 5.71. The van der Waals surface area contributed by atoms with Crippen molar-refractivity contribution in [3.63, 3.8) is 0 Å². The first kappa shape index (κ1) is 21.2. The van der Waals surface area contributed by atoms with Crippen molar-refractivity contribution in [2.75, 3.05) is 6.61 Å². The molecule has 160 valence electrons. The fourth-order valence-corrected chi connectivity index (χ4v) is 5.32.